The molecular weight excluding hydrogens is 430 g/mol. The summed E-state index contributed by atoms with van der Waals surface area (Å²) in [5.74, 6) is -0.0567. The van der Waals surface area contributed by atoms with E-state index in [1.54, 1.807) is 0 Å². The molecule has 0 fully saturated rings. The lowest BCUT2D eigenvalue weighted by molar-refractivity contribution is 0.201. The molecule has 0 spiro atoms. The van der Waals surface area contributed by atoms with Crippen LogP contribution in [0.5, 0.6) is 0 Å². The van der Waals surface area contributed by atoms with Crippen molar-refractivity contribution in [1.29, 1.82) is 0 Å². The lowest BCUT2D eigenvalue weighted by atomic mass is 9.89. The van der Waals surface area contributed by atoms with E-state index in [-0.39, 0.29) is 5.92 Å². The number of nitrogens with two attached hydrogens (primary N) is 1. The van der Waals surface area contributed by atoms with Gasteiger partial charge in [0.2, 0.25) is 0 Å². The van der Waals surface area contributed by atoms with Crippen molar-refractivity contribution in [3.63, 3.8) is 0 Å². The number of pyridine rings is 1. The first-order valence-electron chi connectivity index (χ1n) is 12.0. The van der Waals surface area contributed by atoms with Gasteiger partial charge in [-0.1, -0.05) is 50.3 Å². The SMILES string of the molecule is CC.CNCCC(Cc1ncc(/C(=C/N)NC)cc1C)C(F)CCc1ccc(C)cc1.CP. The van der Waals surface area contributed by atoms with E-state index in [2.05, 4.69) is 62.1 Å². The minimum atomic E-state index is -0.859. The highest BCUT2D eigenvalue weighted by atomic mass is 31.0. The molecule has 1 heterocycles. The Morgan fingerprint density at radius 2 is 1.76 bits per heavy atom. The molecule has 4 nitrogen and oxygen atoms in total. The monoisotopic (exact) mass is 476 g/mol. The maximum Gasteiger partial charge on any atom is 0.104 e. The topological polar surface area (TPSA) is 63.0 Å². The Hall–Kier alpha value is -1.97. The van der Waals surface area contributed by atoms with Gasteiger partial charge in [-0.25, -0.2) is 4.39 Å². The van der Waals surface area contributed by atoms with Gasteiger partial charge in [0.15, 0.2) is 0 Å². The number of alkyl halides is 1. The highest BCUT2D eigenvalue weighted by Crippen LogP contribution is 2.24. The molecule has 0 bridgehead atoms. The number of hydrogen-bond acceptors (Lipinski definition) is 4. The first-order chi connectivity index (χ1) is 16.0. The molecule has 0 amide bonds. The molecule has 0 aliphatic rings. The van der Waals surface area contributed by atoms with Gasteiger partial charge in [-0.05, 0) is 76.2 Å². The van der Waals surface area contributed by atoms with Crippen molar-refractivity contribution in [2.45, 2.75) is 59.5 Å². The van der Waals surface area contributed by atoms with E-state index < -0.39 is 6.17 Å². The summed E-state index contributed by atoms with van der Waals surface area (Å²) in [5.41, 5.74) is 11.9. The summed E-state index contributed by atoms with van der Waals surface area (Å²) in [6, 6.07) is 10.4. The summed E-state index contributed by atoms with van der Waals surface area (Å²) in [4.78, 5) is 4.63. The Morgan fingerprint density at radius 1 is 1.12 bits per heavy atom. The Bertz CT molecular complexity index is 793. The summed E-state index contributed by atoms with van der Waals surface area (Å²) in [6.07, 6.45) is 5.22. The van der Waals surface area contributed by atoms with Gasteiger partial charge in [-0.15, -0.1) is 9.24 Å². The zero-order valence-electron chi connectivity index (χ0n) is 21.7. The third-order valence-corrected chi connectivity index (χ3v) is 5.50. The molecule has 1 aromatic carbocycles. The van der Waals surface area contributed by atoms with Gasteiger partial charge in [0.25, 0.3) is 0 Å². The molecule has 0 radical (unpaired) electrons. The zero-order valence-corrected chi connectivity index (χ0v) is 22.9. The van der Waals surface area contributed by atoms with Crippen LogP contribution >= 0.6 is 9.24 Å². The second kappa shape index (κ2) is 18.5. The summed E-state index contributed by atoms with van der Waals surface area (Å²) >= 11 is 0. The number of aromatic nitrogens is 1. The highest BCUT2D eigenvalue weighted by Gasteiger charge is 2.22. The second-order valence-corrected chi connectivity index (χ2v) is 7.71. The summed E-state index contributed by atoms with van der Waals surface area (Å²) in [7, 11) is 6.16. The van der Waals surface area contributed by atoms with Gasteiger partial charge >= 0.3 is 0 Å². The molecule has 2 rings (SSSR count). The number of nitrogens with one attached hydrogen (secondary N) is 2. The maximum absolute atomic E-state index is 15.2. The van der Waals surface area contributed by atoms with Crippen LogP contribution in [0.15, 0.2) is 42.7 Å². The average Bonchev–Trinajstić information content (AvgIpc) is 2.85. The van der Waals surface area contributed by atoms with E-state index in [0.717, 1.165) is 41.9 Å². The van der Waals surface area contributed by atoms with Crippen molar-refractivity contribution in [2.24, 2.45) is 11.7 Å². The summed E-state index contributed by atoms with van der Waals surface area (Å²) in [5, 5.41) is 6.22. The first-order valence-corrected chi connectivity index (χ1v) is 13.1. The van der Waals surface area contributed by atoms with Crippen LogP contribution in [-0.2, 0) is 12.8 Å². The fourth-order valence-corrected chi connectivity index (χ4v) is 3.57. The molecule has 3 unspecified atom stereocenters. The predicted molar refractivity (Wildman–Crippen MR) is 147 cm³/mol. The maximum atomic E-state index is 15.2. The standard InChI is InChI=1S/C24H35FN4.C2H6.CH5P/c1-17-5-7-19(8-6-17)9-10-22(25)20(11-12-27-3)14-23-18(2)13-21(16-29-23)24(15-26)28-4;2*1-2/h5-8,13,15-16,20,22,27-28H,9-12,14,26H2,1-4H3;1-2H3;2H2,1H3/b24-15-;;. The Labute approximate surface area is 204 Å². The Balaban J connectivity index is 0.00000242. The molecule has 33 heavy (non-hydrogen) atoms. The van der Waals surface area contributed by atoms with Gasteiger partial charge in [0.05, 0.1) is 5.70 Å². The van der Waals surface area contributed by atoms with Crippen molar-refractivity contribution < 1.29 is 4.39 Å². The van der Waals surface area contributed by atoms with Crippen LogP contribution in [0.25, 0.3) is 5.70 Å². The van der Waals surface area contributed by atoms with E-state index in [1.807, 2.05) is 47.7 Å². The van der Waals surface area contributed by atoms with Crippen molar-refractivity contribution in [3.8, 4) is 0 Å². The lowest BCUT2D eigenvalue weighted by Crippen LogP contribution is -2.24. The van der Waals surface area contributed by atoms with Gasteiger partial charge in [0.1, 0.15) is 6.17 Å². The number of halogens is 1. The van der Waals surface area contributed by atoms with Crippen LogP contribution in [0.3, 0.4) is 0 Å². The molecule has 0 saturated heterocycles. The van der Waals surface area contributed by atoms with Crippen LogP contribution in [0.4, 0.5) is 4.39 Å². The molecule has 186 valence electrons. The molecule has 3 atom stereocenters. The summed E-state index contributed by atoms with van der Waals surface area (Å²) in [6.45, 7) is 10.8. The van der Waals surface area contributed by atoms with Gasteiger partial charge < -0.3 is 16.4 Å². The van der Waals surface area contributed by atoms with E-state index in [9.17, 15) is 0 Å². The molecule has 0 saturated carbocycles. The smallest absolute Gasteiger partial charge is 0.104 e. The molecule has 1 aromatic heterocycles. The van der Waals surface area contributed by atoms with Gasteiger partial charge in [-0.2, -0.15) is 0 Å². The number of rotatable bonds is 11. The Morgan fingerprint density at radius 3 is 2.27 bits per heavy atom. The van der Waals surface area contributed by atoms with Gasteiger partial charge in [0, 0.05) is 30.7 Å². The normalized spacial score (nSPS) is 12.6. The van der Waals surface area contributed by atoms with Crippen molar-refractivity contribution in [2.75, 3.05) is 27.3 Å². The van der Waals surface area contributed by atoms with Gasteiger partial charge in [-0.3, -0.25) is 4.98 Å². The summed E-state index contributed by atoms with van der Waals surface area (Å²) < 4.78 is 15.2. The van der Waals surface area contributed by atoms with Crippen molar-refractivity contribution in [1.82, 2.24) is 15.6 Å². The number of aryl methyl sites for hydroxylation is 3. The quantitative estimate of drug-likeness (QED) is 0.378. The third-order valence-electron chi connectivity index (χ3n) is 5.50. The second-order valence-electron chi connectivity index (χ2n) is 7.71. The minimum Gasteiger partial charge on any atom is -0.403 e. The van der Waals surface area contributed by atoms with Crippen LogP contribution in [0, 0.1) is 19.8 Å². The van der Waals surface area contributed by atoms with E-state index in [0.29, 0.717) is 12.8 Å². The number of hydrogen-bond donors (Lipinski definition) is 3. The zero-order chi connectivity index (χ0) is 25.2. The molecule has 6 heteroatoms. The predicted octanol–water partition coefficient (Wildman–Crippen LogP) is 5.43. The van der Waals surface area contributed by atoms with Crippen molar-refractivity contribution >= 4 is 14.9 Å². The molecule has 2 aromatic rings. The average molecular weight is 477 g/mol. The van der Waals surface area contributed by atoms with Crippen LogP contribution in [-0.4, -0.2) is 38.5 Å². The van der Waals surface area contributed by atoms with E-state index in [4.69, 9.17) is 5.73 Å². The molecule has 0 aliphatic carbocycles. The van der Waals surface area contributed by atoms with Crippen LogP contribution in [0.2, 0.25) is 0 Å². The molecular formula is C27H46FN4P. The number of nitrogens with zero attached hydrogens (tertiary/aromatic N) is 1. The van der Waals surface area contributed by atoms with Crippen molar-refractivity contribution in [3.05, 3.63) is 70.7 Å². The lowest BCUT2D eigenvalue weighted by Gasteiger charge is -2.22. The Kier molecular flexibility index (Phi) is 17.4. The molecule has 0 aliphatic heterocycles. The highest BCUT2D eigenvalue weighted by molar-refractivity contribution is 7.15. The van der Waals surface area contributed by atoms with E-state index >= 15 is 4.39 Å². The minimum absolute atomic E-state index is 0.0567. The fourth-order valence-electron chi connectivity index (χ4n) is 3.57. The third kappa shape index (κ3) is 11.1. The van der Waals surface area contributed by atoms with Crippen LogP contribution < -0.4 is 16.4 Å². The fraction of sp³-hybridized carbons (Fsp3) is 0.519. The largest absolute Gasteiger partial charge is 0.403 e. The molecule has 4 N–H and O–H groups in total. The number of benzene rings is 1. The van der Waals surface area contributed by atoms with E-state index in [1.165, 1.54) is 17.3 Å². The first kappa shape index (κ1) is 31.0. The van der Waals surface area contributed by atoms with Crippen LogP contribution in [0.1, 0.15) is 54.6 Å².